The molecule has 9 rings (SSSR count). The molecule has 2 saturated carbocycles. The minimum absolute atomic E-state index is 0. The average Bonchev–Trinajstić information content (AvgIpc) is 3.70. The van der Waals surface area contributed by atoms with Crippen LogP contribution in [0.3, 0.4) is 0 Å². The zero-order chi connectivity index (χ0) is 48.9. The van der Waals surface area contributed by atoms with Gasteiger partial charge in [0.15, 0.2) is 5.82 Å². The number of primary amides is 1. The predicted octanol–water partition coefficient (Wildman–Crippen LogP) is 9.09. The highest BCUT2D eigenvalue weighted by atomic mass is 16.7. The Morgan fingerprint density at radius 3 is 1.48 bits per heavy atom. The summed E-state index contributed by atoms with van der Waals surface area (Å²) in [5, 5.41) is 25.2. The van der Waals surface area contributed by atoms with Crippen LogP contribution in [-0.2, 0) is 9.47 Å². The number of carbonyl (C=O) groups is 3. The number of methoxy groups -OCH3 is 2. The molecule has 14 heteroatoms. The first-order chi connectivity index (χ1) is 32.6. The molecule has 1 aromatic heterocycles. The van der Waals surface area contributed by atoms with Gasteiger partial charge in [-0.3, -0.25) is 24.4 Å². The molecule has 2 aliphatic carbocycles. The Balaban J connectivity index is 0.000000191. The molecule has 0 spiro atoms. The molecule has 3 amide bonds. The number of benzene rings is 4. The van der Waals surface area contributed by atoms with Crippen molar-refractivity contribution in [2.45, 2.75) is 103 Å². The van der Waals surface area contributed by atoms with Crippen LogP contribution in [-0.4, -0.2) is 108 Å². The highest BCUT2D eigenvalue weighted by molar-refractivity contribution is 6.01. The van der Waals surface area contributed by atoms with Gasteiger partial charge in [0.2, 0.25) is 11.8 Å². The molecule has 69 heavy (non-hydrogen) atoms. The molecule has 0 atom stereocenters. The standard InChI is InChI=1S/C25H25N5O.C23H23N3O2.C6H15NO2.CH4/c1-15-10-22(19-4-3-5-19)23(24-27-16(2)28-29-24)11-21(15)25(31)30-13-20(14-30)18-8-6-17(12-26)7-9-18;1-14-9-20(17-3-2-4-17)21(22(25)27)10-19(14)23(28)26-12-18(13-26)16-7-5-15(11-24)6-8-16;1-6(8-4,9-5)7(2)3;/h6-11,19-20H,3-5,13-14H2,1-2H3,(H,27,28,29);5-10,17-18H,2-4,12-13H2,1H3,(H2,25,27);1-5H3;1H4. The molecule has 362 valence electrons. The maximum Gasteiger partial charge on any atom is 0.254 e. The smallest absolute Gasteiger partial charge is 0.254 e. The van der Waals surface area contributed by atoms with Crippen LogP contribution in [0.2, 0.25) is 0 Å². The Kier molecular flexibility index (Phi) is 16.6. The van der Waals surface area contributed by atoms with E-state index < -0.39 is 11.8 Å². The molecule has 5 aromatic rings. The molecule has 14 nitrogen and oxygen atoms in total. The molecular formula is C55H67N9O5. The number of rotatable bonds is 11. The average molecular weight is 934 g/mol. The third-order valence-corrected chi connectivity index (χ3v) is 14.4. The second-order valence-corrected chi connectivity index (χ2v) is 18.9. The molecule has 2 aliphatic heterocycles. The van der Waals surface area contributed by atoms with Crippen LogP contribution in [0.4, 0.5) is 0 Å². The van der Waals surface area contributed by atoms with E-state index in [0.29, 0.717) is 72.0 Å². The Morgan fingerprint density at radius 2 is 1.13 bits per heavy atom. The van der Waals surface area contributed by atoms with Crippen LogP contribution in [0.5, 0.6) is 0 Å². The molecule has 4 aromatic carbocycles. The highest BCUT2D eigenvalue weighted by Gasteiger charge is 2.36. The zero-order valence-electron chi connectivity index (χ0n) is 40.6. The summed E-state index contributed by atoms with van der Waals surface area (Å²) in [6.07, 6.45) is 6.94. The van der Waals surface area contributed by atoms with Crippen LogP contribution in [0.25, 0.3) is 11.4 Å². The van der Waals surface area contributed by atoms with Crippen molar-refractivity contribution < 1.29 is 23.9 Å². The lowest BCUT2D eigenvalue weighted by molar-refractivity contribution is -0.270. The van der Waals surface area contributed by atoms with Crippen molar-refractivity contribution in [3.05, 3.63) is 140 Å². The fourth-order valence-electron chi connectivity index (χ4n) is 9.06. The van der Waals surface area contributed by atoms with Crippen molar-refractivity contribution in [1.82, 2.24) is 29.9 Å². The van der Waals surface area contributed by atoms with E-state index in [4.69, 9.17) is 25.7 Å². The summed E-state index contributed by atoms with van der Waals surface area (Å²) in [5.41, 5.74) is 16.2. The molecule has 4 aliphatic rings. The van der Waals surface area contributed by atoms with Gasteiger partial charge in [-0.15, -0.1) is 0 Å². The summed E-state index contributed by atoms with van der Waals surface area (Å²) in [5.74, 6) is 1.93. The summed E-state index contributed by atoms with van der Waals surface area (Å²) in [6.45, 7) is 10.4. The largest absolute Gasteiger partial charge is 0.366 e. The number of hydrogen-bond donors (Lipinski definition) is 2. The topological polar surface area (TPSA) is 195 Å². The van der Waals surface area contributed by atoms with Gasteiger partial charge in [-0.25, -0.2) is 4.98 Å². The summed E-state index contributed by atoms with van der Waals surface area (Å²) in [4.78, 5) is 48.4. The summed E-state index contributed by atoms with van der Waals surface area (Å²) in [7, 11) is 7.02. The number of H-pyrrole nitrogens is 1. The molecule has 3 N–H and O–H groups in total. The molecular weight excluding hydrogens is 867 g/mol. The zero-order valence-corrected chi connectivity index (χ0v) is 40.6. The van der Waals surface area contributed by atoms with Gasteiger partial charge in [0.1, 0.15) is 5.82 Å². The number of hydrogen-bond acceptors (Lipinski definition) is 10. The number of ether oxygens (including phenoxy) is 2. The number of amides is 3. The number of carbonyl (C=O) groups excluding carboxylic acids is 3. The van der Waals surface area contributed by atoms with Crippen LogP contribution in [0.15, 0.2) is 72.8 Å². The molecule has 4 fully saturated rings. The lowest BCUT2D eigenvalue weighted by Gasteiger charge is -2.40. The Bertz CT molecular complexity index is 2710. The quantitative estimate of drug-likeness (QED) is 0.121. The fraction of sp³-hybridized carbons (Fsp3) is 0.436. The summed E-state index contributed by atoms with van der Waals surface area (Å²) < 4.78 is 10.1. The van der Waals surface area contributed by atoms with Gasteiger partial charge < -0.3 is 25.0 Å². The summed E-state index contributed by atoms with van der Waals surface area (Å²) in [6, 6.07) is 27.3. The van der Waals surface area contributed by atoms with E-state index in [2.05, 4.69) is 33.4 Å². The second kappa shape index (κ2) is 22.1. The van der Waals surface area contributed by atoms with Crippen LogP contribution in [0.1, 0.15) is 158 Å². The fourth-order valence-corrected chi connectivity index (χ4v) is 9.06. The van der Waals surface area contributed by atoms with E-state index in [1.165, 1.54) is 36.8 Å². The van der Waals surface area contributed by atoms with E-state index in [-0.39, 0.29) is 25.2 Å². The lowest BCUT2D eigenvalue weighted by Crippen LogP contribution is -2.48. The summed E-state index contributed by atoms with van der Waals surface area (Å²) >= 11 is 0. The monoisotopic (exact) mass is 934 g/mol. The van der Waals surface area contributed by atoms with E-state index >= 15 is 0 Å². The number of nitrogens with zero attached hydrogens (tertiary/aromatic N) is 7. The van der Waals surface area contributed by atoms with Gasteiger partial charge in [-0.1, -0.05) is 56.7 Å². The molecule has 0 unspecified atom stereocenters. The first-order valence-corrected chi connectivity index (χ1v) is 23.4. The van der Waals surface area contributed by atoms with Crippen LogP contribution < -0.4 is 5.73 Å². The highest BCUT2D eigenvalue weighted by Crippen LogP contribution is 2.43. The van der Waals surface area contributed by atoms with E-state index in [1.54, 1.807) is 25.2 Å². The van der Waals surface area contributed by atoms with Crippen LogP contribution >= 0.6 is 0 Å². The van der Waals surface area contributed by atoms with E-state index in [9.17, 15) is 14.4 Å². The van der Waals surface area contributed by atoms with Crippen molar-refractivity contribution in [1.29, 1.82) is 10.5 Å². The van der Waals surface area contributed by atoms with Crippen molar-refractivity contribution in [2.75, 3.05) is 54.5 Å². The van der Waals surface area contributed by atoms with Crippen molar-refractivity contribution >= 4 is 17.7 Å². The lowest BCUT2D eigenvalue weighted by atomic mass is 9.77. The Hall–Kier alpha value is -6.71. The predicted molar refractivity (Wildman–Crippen MR) is 267 cm³/mol. The minimum Gasteiger partial charge on any atom is -0.366 e. The molecule has 2 saturated heterocycles. The number of aromatic amines is 1. The molecule has 0 radical (unpaired) electrons. The molecule has 3 heterocycles. The maximum absolute atomic E-state index is 13.3. The van der Waals surface area contributed by atoms with Crippen molar-refractivity contribution in [3.8, 4) is 23.5 Å². The number of likely N-dealkylation sites (tertiary alicyclic amines) is 2. The minimum atomic E-state index is -0.583. The van der Waals surface area contributed by atoms with Crippen LogP contribution in [0, 0.1) is 43.4 Å². The first-order valence-electron chi connectivity index (χ1n) is 23.4. The maximum atomic E-state index is 13.3. The second-order valence-electron chi connectivity index (χ2n) is 18.9. The van der Waals surface area contributed by atoms with Gasteiger partial charge in [-0.2, -0.15) is 15.6 Å². The number of nitrogens with one attached hydrogen (secondary N) is 1. The van der Waals surface area contributed by atoms with Crippen molar-refractivity contribution in [2.24, 2.45) is 5.73 Å². The van der Waals surface area contributed by atoms with Gasteiger partial charge in [-0.05, 0) is 142 Å². The van der Waals surface area contributed by atoms with Gasteiger partial charge in [0.25, 0.3) is 11.8 Å². The SMILES string of the molecule is C.COC(C)(OC)N(C)C.Cc1cc(C2CCC2)c(C(N)=O)cc1C(=O)N1CC(c2ccc(C#N)cc2)C1.Cc1nc(-c2cc(C(=O)N3CC(c4ccc(C#N)cc4)C3)c(C)cc2C2CCC2)n[nH]1. The third-order valence-electron chi connectivity index (χ3n) is 14.4. The number of nitriles is 2. The molecule has 0 bridgehead atoms. The van der Waals surface area contributed by atoms with E-state index in [0.717, 1.165) is 52.0 Å². The Labute approximate surface area is 407 Å². The van der Waals surface area contributed by atoms with Gasteiger partial charge >= 0.3 is 0 Å². The van der Waals surface area contributed by atoms with Gasteiger partial charge in [0.05, 0.1) is 23.3 Å². The third kappa shape index (κ3) is 11.3. The number of aromatic nitrogens is 3. The Morgan fingerprint density at radius 1 is 0.696 bits per heavy atom. The van der Waals surface area contributed by atoms with Crippen molar-refractivity contribution in [3.63, 3.8) is 0 Å². The first kappa shape index (κ1) is 51.7. The normalized spacial score (nSPS) is 15.9. The van der Waals surface area contributed by atoms with Gasteiger partial charge in [0, 0.05) is 81.4 Å². The van der Waals surface area contributed by atoms with E-state index in [1.807, 2.05) is 112 Å². The number of nitrogens with two attached hydrogens (primary N) is 1. The number of aryl methyl sites for hydroxylation is 3.